The third-order valence-electron chi connectivity index (χ3n) is 1.57. The first-order chi connectivity index (χ1) is 7.63. The summed E-state index contributed by atoms with van der Waals surface area (Å²) in [5.41, 5.74) is 0. The molecule has 1 unspecified atom stereocenters. The standard InChI is InChI=1S/C8H5Cl5O2S2/c9-5-1-3-6(4-2-5)17(14,15)16-7(10)8(11,12)13/h1-4,7H. The lowest BCUT2D eigenvalue weighted by atomic mass is 10.4. The smallest absolute Gasteiger partial charge is 0.212 e. The zero-order chi connectivity index (χ0) is 13.3. The van der Waals surface area contributed by atoms with Gasteiger partial charge in [-0.05, 0) is 35.1 Å². The summed E-state index contributed by atoms with van der Waals surface area (Å²) in [7, 11) is -3.32. The topological polar surface area (TPSA) is 34.1 Å². The molecule has 17 heavy (non-hydrogen) atoms. The van der Waals surface area contributed by atoms with Gasteiger partial charge >= 0.3 is 0 Å². The molecular weight excluding hydrogens is 369 g/mol. The Hall–Kier alpha value is 0.970. The average Bonchev–Trinajstić information content (AvgIpc) is 2.16. The minimum atomic E-state index is -3.69. The number of halogens is 5. The van der Waals surface area contributed by atoms with Gasteiger partial charge in [0, 0.05) is 5.02 Å². The van der Waals surface area contributed by atoms with Crippen molar-refractivity contribution >= 4 is 77.7 Å². The molecule has 0 aromatic heterocycles. The molecule has 2 nitrogen and oxygen atoms in total. The fourth-order valence-corrected chi connectivity index (χ4v) is 5.37. The van der Waals surface area contributed by atoms with Crippen LogP contribution in [0.25, 0.3) is 0 Å². The van der Waals surface area contributed by atoms with E-state index in [4.69, 9.17) is 58.0 Å². The van der Waals surface area contributed by atoms with Gasteiger partial charge in [-0.2, -0.15) is 0 Å². The fourth-order valence-electron chi connectivity index (χ4n) is 0.823. The highest BCUT2D eigenvalue weighted by atomic mass is 35.6. The molecule has 0 saturated carbocycles. The molecular formula is C8H5Cl5O2S2. The number of hydrogen-bond donors (Lipinski definition) is 0. The van der Waals surface area contributed by atoms with Crippen LogP contribution in [0.15, 0.2) is 29.2 Å². The summed E-state index contributed by atoms with van der Waals surface area (Å²) in [5.74, 6) is 0. The molecule has 0 amide bonds. The fraction of sp³-hybridized carbons (Fsp3) is 0.250. The number of benzene rings is 1. The van der Waals surface area contributed by atoms with E-state index in [1.807, 2.05) is 0 Å². The van der Waals surface area contributed by atoms with Gasteiger partial charge in [-0.1, -0.05) is 46.4 Å². The Bertz CT molecular complexity index is 480. The molecule has 0 heterocycles. The van der Waals surface area contributed by atoms with Gasteiger partial charge in [0.2, 0.25) is 12.7 Å². The molecule has 0 N–H and O–H groups in total. The van der Waals surface area contributed by atoms with Gasteiger partial charge in [0.05, 0.1) is 4.90 Å². The van der Waals surface area contributed by atoms with Gasteiger partial charge in [0.15, 0.2) is 0 Å². The second kappa shape index (κ2) is 5.95. The molecule has 1 aromatic rings. The maximum atomic E-state index is 11.9. The Morgan fingerprint density at radius 1 is 1.12 bits per heavy atom. The quantitative estimate of drug-likeness (QED) is 0.568. The van der Waals surface area contributed by atoms with Crippen molar-refractivity contribution in [3.05, 3.63) is 29.3 Å². The Kier molecular flexibility index (Phi) is 5.61. The van der Waals surface area contributed by atoms with E-state index in [1.54, 1.807) is 0 Å². The Labute approximate surface area is 128 Å². The van der Waals surface area contributed by atoms with Crippen LogP contribution in [-0.4, -0.2) is 16.9 Å². The largest absolute Gasteiger partial charge is 0.231 e. The zero-order valence-corrected chi connectivity index (χ0v) is 13.3. The van der Waals surface area contributed by atoms with Gasteiger partial charge in [-0.15, -0.1) is 11.6 Å². The van der Waals surface area contributed by atoms with E-state index < -0.39 is 17.4 Å². The van der Waals surface area contributed by atoms with Gasteiger partial charge in [0.1, 0.15) is 4.71 Å². The Morgan fingerprint density at radius 3 is 2.00 bits per heavy atom. The third kappa shape index (κ3) is 4.86. The maximum absolute atomic E-state index is 11.9. The second-order valence-electron chi connectivity index (χ2n) is 2.86. The van der Waals surface area contributed by atoms with E-state index in [-0.39, 0.29) is 4.90 Å². The molecule has 0 saturated heterocycles. The predicted octanol–water partition coefficient (Wildman–Crippen LogP) is 4.70. The van der Waals surface area contributed by atoms with Gasteiger partial charge in [-0.3, -0.25) is 0 Å². The maximum Gasteiger partial charge on any atom is 0.231 e. The van der Waals surface area contributed by atoms with E-state index in [9.17, 15) is 8.42 Å². The van der Waals surface area contributed by atoms with Crippen molar-refractivity contribution < 1.29 is 8.42 Å². The molecule has 0 aliphatic rings. The van der Waals surface area contributed by atoms with Crippen LogP contribution < -0.4 is 0 Å². The summed E-state index contributed by atoms with van der Waals surface area (Å²) < 4.78 is 20.6. The minimum absolute atomic E-state index is 0.0480. The van der Waals surface area contributed by atoms with Gasteiger partial charge in [0.25, 0.3) is 0 Å². The predicted molar refractivity (Wildman–Crippen MR) is 76.2 cm³/mol. The van der Waals surface area contributed by atoms with Crippen LogP contribution in [0.2, 0.25) is 5.02 Å². The summed E-state index contributed by atoms with van der Waals surface area (Å²) in [6, 6.07) is 5.61. The van der Waals surface area contributed by atoms with Crippen molar-refractivity contribution in [2.24, 2.45) is 0 Å². The molecule has 0 aliphatic carbocycles. The van der Waals surface area contributed by atoms with Crippen molar-refractivity contribution in [1.82, 2.24) is 0 Å². The lowest BCUT2D eigenvalue weighted by molar-refractivity contribution is 0.610. The molecule has 0 aliphatic heterocycles. The zero-order valence-electron chi connectivity index (χ0n) is 7.91. The summed E-state index contributed by atoms with van der Waals surface area (Å²) >= 11 is 27.8. The van der Waals surface area contributed by atoms with Crippen LogP contribution in [-0.2, 0) is 8.87 Å². The second-order valence-corrected chi connectivity index (χ2v) is 10.3. The molecule has 0 bridgehead atoms. The molecule has 1 aromatic carbocycles. The average molecular weight is 375 g/mol. The minimum Gasteiger partial charge on any atom is -0.212 e. The number of hydrogen-bond acceptors (Lipinski definition) is 3. The molecule has 96 valence electrons. The highest BCUT2D eigenvalue weighted by Gasteiger charge is 2.36. The van der Waals surface area contributed by atoms with Crippen LogP contribution in [0, 0.1) is 0 Å². The molecule has 9 heteroatoms. The van der Waals surface area contributed by atoms with E-state index in [0.29, 0.717) is 15.8 Å². The molecule has 0 spiro atoms. The lowest BCUT2D eigenvalue weighted by Crippen LogP contribution is -2.17. The van der Waals surface area contributed by atoms with Crippen molar-refractivity contribution in [1.29, 1.82) is 0 Å². The summed E-state index contributed by atoms with van der Waals surface area (Å²) in [6.45, 7) is 0. The lowest BCUT2D eigenvalue weighted by Gasteiger charge is -2.16. The molecule has 0 radical (unpaired) electrons. The van der Waals surface area contributed by atoms with Crippen molar-refractivity contribution in [3.63, 3.8) is 0 Å². The van der Waals surface area contributed by atoms with Crippen LogP contribution in [0.5, 0.6) is 0 Å². The van der Waals surface area contributed by atoms with Gasteiger partial charge < -0.3 is 0 Å². The Morgan fingerprint density at radius 2 is 1.59 bits per heavy atom. The van der Waals surface area contributed by atoms with E-state index in [0.717, 1.165) is 0 Å². The van der Waals surface area contributed by atoms with Crippen LogP contribution >= 0.6 is 68.8 Å². The first kappa shape index (κ1) is 16.0. The van der Waals surface area contributed by atoms with Crippen LogP contribution in [0.1, 0.15) is 0 Å². The van der Waals surface area contributed by atoms with Crippen molar-refractivity contribution in [2.45, 2.75) is 13.4 Å². The van der Waals surface area contributed by atoms with Gasteiger partial charge in [-0.25, -0.2) is 8.42 Å². The number of rotatable bonds is 3. The van der Waals surface area contributed by atoms with E-state index in [1.165, 1.54) is 24.3 Å². The number of alkyl halides is 4. The first-order valence-corrected chi connectivity index (χ1v) is 8.85. The van der Waals surface area contributed by atoms with Crippen LogP contribution in [0.3, 0.4) is 0 Å². The van der Waals surface area contributed by atoms with E-state index in [2.05, 4.69) is 0 Å². The third-order valence-corrected chi connectivity index (χ3v) is 7.65. The SMILES string of the molecule is O=S(=O)(SC(Cl)C(Cl)(Cl)Cl)c1ccc(Cl)cc1. The highest BCUT2D eigenvalue weighted by molar-refractivity contribution is 8.72. The molecule has 0 fully saturated rings. The van der Waals surface area contributed by atoms with Crippen molar-refractivity contribution in [3.8, 4) is 0 Å². The van der Waals surface area contributed by atoms with Crippen LogP contribution in [0.4, 0.5) is 0 Å². The summed E-state index contributed by atoms with van der Waals surface area (Å²) in [4.78, 5) is 0.0480. The summed E-state index contributed by atoms with van der Waals surface area (Å²) in [6.07, 6.45) is 0. The monoisotopic (exact) mass is 372 g/mol. The normalized spacial score (nSPS) is 14.6. The van der Waals surface area contributed by atoms with Crippen molar-refractivity contribution in [2.75, 3.05) is 0 Å². The highest BCUT2D eigenvalue weighted by Crippen LogP contribution is 2.43. The first-order valence-electron chi connectivity index (χ1n) is 4.02. The Balaban J connectivity index is 2.94. The molecule has 1 rings (SSSR count). The molecule has 1 atom stereocenters. The summed E-state index contributed by atoms with van der Waals surface area (Å²) in [5, 5.41) is 0.428. The van der Waals surface area contributed by atoms with E-state index >= 15 is 0 Å².